The number of nitrogens with zero attached hydrogens (tertiary/aromatic N) is 2. The lowest BCUT2D eigenvalue weighted by Gasteiger charge is -2.02. The number of hydrogen-bond donors (Lipinski definition) is 0. The third-order valence-corrected chi connectivity index (χ3v) is 1.34. The highest BCUT2D eigenvalue weighted by atomic mass is 15.3. The zero-order chi connectivity index (χ0) is 8.27. The number of aromatic nitrogens is 2. The van der Waals surface area contributed by atoms with Crippen LogP contribution in [0.2, 0.25) is 0 Å². The van der Waals surface area contributed by atoms with Crippen molar-refractivity contribution in [1.29, 1.82) is 0 Å². The van der Waals surface area contributed by atoms with Crippen molar-refractivity contribution in [2.45, 2.75) is 20.4 Å². The van der Waals surface area contributed by atoms with Crippen LogP contribution in [-0.2, 0) is 6.54 Å². The van der Waals surface area contributed by atoms with Gasteiger partial charge < -0.3 is 0 Å². The Morgan fingerprint density at radius 1 is 1.73 bits per heavy atom. The molecule has 0 N–H and O–H groups in total. The molecule has 11 heavy (non-hydrogen) atoms. The van der Waals surface area contributed by atoms with E-state index in [4.69, 9.17) is 6.42 Å². The lowest BCUT2D eigenvalue weighted by Crippen LogP contribution is -2.04. The minimum Gasteiger partial charge on any atom is -0.271 e. The quantitative estimate of drug-likeness (QED) is 0.581. The Labute approximate surface area is 67.2 Å². The van der Waals surface area contributed by atoms with Crippen molar-refractivity contribution in [3.05, 3.63) is 18.0 Å². The summed E-state index contributed by atoms with van der Waals surface area (Å²) < 4.78 is 1.87. The molecular formula is C9H12N2. The normalized spacial score (nSPS) is 10.0. The fraction of sp³-hybridized carbons (Fsp3) is 0.444. The average Bonchev–Trinajstić information content (AvgIpc) is 2.34. The maximum atomic E-state index is 5.17. The van der Waals surface area contributed by atoms with E-state index in [1.807, 2.05) is 16.9 Å². The first-order chi connectivity index (χ1) is 5.22. The van der Waals surface area contributed by atoms with Gasteiger partial charge in [-0.1, -0.05) is 13.8 Å². The summed E-state index contributed by atoms with van der Waals surface area (Å²) in [5, 5.41) is 4.15. The van der Waals surface area contributed by atoms with Crippen LogP contribution in [0.1, 0.15) is 19.5 Å². The van der Waals surface area contributed by atoms with E-state index in [1.54, 1.807) is 0 Å². The second kappa shape index (κ2) is 3.25. The zero-order valence-corrected chi connectivity index (χ0v) is 6.91. The molecule has 0 radical (unpaired) electrons. The Bertz CT molecular complexity index is 265. The first-order valence-electron chi connectivity index (χ1n) is 3.72. The monoisotopic (exact) mass is 148 g/mol. The lowest BCUT2D eigenvalue weighted by atomic mass is 10.2. The van der Waals surface area contributed by atoms with Gasteiger partial charge in [-0.15, -0.1) is 6.42 Å². The molecule has 0 aromatic carbocycles. The Kier molecular flexibility index (Phi) is 2.32. The van der Waals surface area contributed by atoms with Crippen molar-refractivity contribution in [2.24, 2.45) is 5.92 Å². The van der Waals surface area contributed by atoms with Gasteiger partial charge in [-0.25, -0.2) is 0 Å². The molecule has 0 atom stereocenters. The van der Waals surface area contributed by atoms with Crippen LogP contribution in [0, 0.1) is 18.3 Å². The van der Waals surface area contributed by atoms with Gasteiger partial charge in [-0.2, -0.15) is 5.10 Å². The number of hydrogen-bond acceptors (Lipinski definition) is 1. The van der Waals surface area contributed by atoms with Crippen molar-refractivity contribution in [1.82, 2.24) is 9.78 Å². The molecule has 1 rings (SSSR count). The molecular weight excluding hydrogens is 136 g/mol. The summed E-state index contributed by atoms with van der Waals surface area (Å²) in [6.45, 7) is 5.23. The summed E-state index contributed by atoms with van der Waals surface area (Å²) >= 11 is 0. The molecule has 0 aliphatic carbocycles. The zero-order valence-electron chi connectivity index (χ0n) is 6.91. The van der Waals surface area contributed by atoms with Crippen LogP contribution in [0.25, 0.3) is 0 Å². The molecule has 0 bridgehead atoms. The smallest absolute Gasteiger partial charge is 0.134 e. The Morgan fingerprint density at radius 3 is 2.91 bits per heavy atom. The highest BCUT2D eigenvalue weighted by molar-refractivity contribution is 5.21. The highest BCUT2D eigenvalue weighted by Gasteiger charge is 1.97. The highest BCUT2D eigenvalue weighted by Crippen LogP contribution is 1.99. The first kappa shape index (κ1) is 7.87. The Hall–Kier alpha value is -1.23. The molecule has 0 aliphatic heterocycles. The molecule has 1 aromatic rings. The van der Waals surface area contributed by atoms with Gasteiger partial charge in [0.25, 0.3) is 0 Å². The molecule has 0 amide bonds. The second-order valence-corrected chi connectivity index (χ2v) is 2.96. The summed E-state index contributed by atoms with van der Waals surface area (Å²) in [6, 6.07) is 1.85. The maximum Gasteiger partial charge on any atom is 0.134 e. The van der Waals surface area contributed by atoms with Crippen LogP contribution in [-0.4, -0.2) is 9.78 Å². The largest absolute Gasteiger partial charge is 0.271 e. The van der Waals surface area contributed by atoms with E-state index < -0.39 is 0 Å². The molecule has 0 fully saturated rings. The van der Waals surface area contributed by atoms with Crippen LogP contribution in [0.5, 0.6) is 0 Å². The van der Waals surface area contributed by atoms with Crippen LogP contribution in [0.3, 0.4) is 0 Å². The SMILES string of the molecule is C#Cc1ccn(CC(C)C)n1. The van der Waals surface area contributed by atoms with Gasteiger partial charge in [0.05, 0.1) is 0 Å². The molecule has 0 saturated heterocycles. The fourth-order valence-electron chi connectivity index (χ4n) is 0.914. The average molecular weight is 148 g/mol. The van der Waals surface area contributed by atoms with Gasteiger partial charge >= 0.3 is 0 Å². The summed E-state index contributed by atoms with van der Waals surface area (Å²) in [4.78, 5) is 0. The minimum absolute atomic E-state index is 0.612. The topological polar surface area (TPSA) is 17.8 Å². The molecule has 1 aromatic heterocycles. The van der Waals surface area contributed by atoms with Gasteiger partial charge in [-0.05, 0) is 17.9 Å². The molecule has 0 aliphatic rings. The second-order valence-electron chi connectivity index (χ2n) is 2.96. The first-order valence-corrected chi connectivity index (χ1v) is 3.72. The van der Waals surface area contributed by atoms with E-state index in [2.05, 4.69) is 24.9 Å². The third-order valence-electron chi connectivity index (χ3n) is 1.34. The van der Waals surface area contributed by atoms with Crippen molar-refractivity contribution in [3.8, 4) is 12.3 Å². The minimum atomic E-state index is 0.612. The van der Waals surface area contributed by atoms with E-state index in [0.29, 0.717) is 11.6 Å². The summed E-state index contributed by atoms with van der Waals surface area (Å²) in [6.07, 6.45) is 7.08. The Morgan fingerprint density at radius 2 is 2.45 bits per heavy atom. The van der Waals surface area contributed by atoms with Crippen LogP contribution >= 0.6 is 0 Å². The summed E-state index contributed by atoms with van der Waals surface area (Å²) in [7, 11) is 0. The lowest BCUT2D eigenvalue weighted by molar-refractivity contribution is 0.482. The molecule has 2 nitrogen and oxygen atoms in total. The molecule has 0 saturated carbocycles. The van der Waals surface area contributed by atoms with Gasteiger partial charge in [0.2, 0.25) is 0 Å². The molecule has 0 unspecified atom stereocenters. The standard InChI is InChI=1S/C9H12N2/c1-4-9-5-6-11(10-9)7-8(2)3/h1,5-6,8H,7H2,2-3H3. The molecule has 58 valence electrons. The van der Waals surface area contributed by atoms with Crippen molar-refractivity contribution in [3.63, 3.8) is 0 Å². The number of terminal acetylenes is 1. The molecule has 1 heterocycles. The van der Waals surface area contributed by atoms with E-state index in [0.717, 1.165) is 6.54 Å². The molecule has 2 heteroatoms. The molecule has 0 spiro atoms. The van der Waals surface area contributed by atoms with E-state index >= 15 is 0 Å². The fourth-order valence-corrected chi connectivity index (χ4v) is 0.914. The summed E-state index contributed by atoms with van der Waals surface area (Å²) in [5.74, 6) is 3.10. The van der Waals surface area contributed by atoms with E-state index in [9.17, 15) is 0 Å². The maximum absolute atomic E-state index is 5.17. The van der Waals surface area contributed by atoms with Gasteiger partial charge in [0.1, 0.15) is 5.69 Å². The van der Waals surface area contributed by atoms with Crippen molar-refractivity contribution < 1.29 is 0 Å². The van der Waals surface area contributed by atoms with E-state index in [1.165, 1.54) is 0 Å². The van der Waals surface area contributed by atoms with Gasteiger partial charge in [0.15, 0.2) is 0 Å². The Balaban J connectivity index is 2.67. The predicted molar refractivity (Wildman–Crippen MR) is 45.0 cm³/mol. The van der Waals surface area contributed by atoms with Crippen LogP contribution < -0.4 is 0 Å². The van der Waals surface area contributed by atoms with Gasteiger partial charge in [-0.3, -0.25) is 4.68 Å². The van der Waals surface area contributed by atoms with E-state index in [-0.39, 0.29) is 0 Å². The van der Waals surface area contributed by atoms with Crippen molar-refractivity contribution in [2.75, 3.05) is 0 Å². The van der Waals surface area contributed by atoms with Crippen LogP contribution in [0.15, 0.2) is 12.3 Å². The van der Waals surface area contributed by atoms with Crippen LogP contribution in [0.4, 0.5) is 0 Å². The van der Waals surface area contributed by atoms with Gasteiger partial charge in [0, 0.05) is 12.7 Å². The third kappa shape index (κ3) is 2.12. The summed E-state index contributed by atoms with van der Waals surface area (Å²) in [5.41, 5.74) is 0.714. The van der Waals surface area contributed by atoms with Crippen molar-refractivity contribution >= 4 is 0 Å². The predicted octanol–water partition coefficient (Wildman–Crippen LogP) is 1.52. The number of rotatable bonds is 2.